The van der Waals surface area contributed by atoms with E-state index in [1.165, 1.54) is 4.57 Å². The molecule has 25 heavy (non-hydrogen) atoms. The molecule has 3 rings (SSSR count). The van der Waals surface area contributed by atoms with E-state index in [-0.39, 0.29) is 18.0 Å². The lowest BCUT2D eigenvalue weighted by Crippen LogP contribution is -2.38. The Balaban J connectivity index is 1.84. The van der Waals surface area contributed by atoms with Gasteiger partial charge in [-0.15, -0.1) is 0 Å². The van der Waals surface area contributed by atoms with Gasteiger partial charge in [-0.2, -0.15) is 0 Å². The summed E-state index contributed by atoms with van der Waals surface area (Å²) in [5, 5.41) is 0.555. The SMILES string of the molecule is CC[C@H]1CN(C(=O)Cn2c(C)nc3ccccc3c2=O)C[C@@H]1N(C)C. The number of rotatable bonds is 4. The minimum atomic E-state index is -0.146. The molecule has 0 bridgehead atoms. The number of likely N-dealkylation sites (tertiary alicyclic amines) is 1. The molecule has 1 amide bonds. The van der Waals surface area contributed by atoms with E-state index in [4.69, 9.17) is 0 Å². The van der Waals surface area contributed by atoms with E-state index in [0.29, 0.717) is 28.7 Å². The van der Waals surface area contributed by atoms with Crippen LogP contribution in [0.1, 0.15) is 19.2 Å². The Hall–Kier alpha value is -2.21. The molecule has 0 radical (unpaired) electrons. The van der Waals surface area contributed by atoms with Crippen molar-refractivity contribution in [3.05, 3.63) is 40.4 Å². The van der Waals surface area contributed by atoms with Gasteiger partial charge in [0, 0.05) is 19.1 Å². The minimum Gasteiger partial charge on any atom is -0.339 e. The minimum absolute atomic E-state index is 0.00918. The molecule has 1 aromatic heterocycles. The number of hydrogen-bond acceptors (Lipinski definition) is 4. The molecule has 2 atom stereocenters. The van der Waals surface area contributed by atoms with E-state index in [9.17, 15) is 9.59 Å². The highest BCUT2D eigenvalue weighted by molar-refractivity contribution is 5.79. The van der Waals surface area contributed by atoms with E-state index < -0.39 is 0 Å². The van der Waals surface area contributed by atoms with E-state index in [1.54, 1.807) is 13.0 Å². The number of likely N-dealkylation sites (N-methyl/N-ethyl adjacent to an activating group) is 1. The van der Waals surface area contributed by atoms with E-state index in [1.807, 2.05) is 23.1 Å². The summed E-state index contributed by atoms with van der Waals surface area (Å²) in [4.78, 5) is 34.1. The number of para-hydroxylation sites is 1. The molecule has 1 fully saturated rings. The quantitative estimate of drug-likeness (QED) is 0.845. The third kappa shape index (κ3) is 3.31. The van der Waals surface area contributed by atoms with Crippen molar-refractivity contribution in [2.75, 3.05) is 27.2 Å². The molecular weight excluding hydrogens is 316 g/mol. The fourth-order valence-electron chi connectivity index (χ4n) is 3.74. The fourth-order valence-corrected chi connectivity index (χ4v) is 3.74. The van der Waals surface area contributed by atoms with Crippen molar-refractivity contribution >= 4 is 16.8 Å². The predicted molar refractivity (Wildman–Crippen MR) is 98.6 cm³/mol. The average molecular weight is 342 g/mol. The van der Waals surface area contributed by atoms with Crippen LogP contribution in [0.25, 0.3) is 10.9 Å². The van der Waals surface area contributed by atoms with Crippen LogP contribution in [0.5, 0.6) is 0 Å². The molecule has 0 N–H and O–H groups in total. The second-order valence-corrected chi connectivity index (χ2v) is 7.07. The number of amides is 1. The van der Waals surface area contributed by atoms with Crippen LogP contribution in [0.2, 0.25) is 0 Å². The zero-order valence-corrected chi connectivity index (χ0v) is 15.4. The summed E-state index contributed by atoms with van der Waals surface area (Å²) in [6, 6.07) is 7.64. The van der Waals surface area contributed by atoms with E-state index >= 15 is 0 Å². The molecule has 2 heterocycles. The number of benzene rings is 1. The van der Waals surface area contributed by atoms with Crippen LogP contribution in [0.4, 0.5) is 0 Å². The third-order valence-electron chi connectivity index (χ3n) is 5.29. The van der Waals surface area contributed by atoms with Gasteiger partial charge in [-0.1, -0.05) is 25.5 Å². The zero-order valence-electron chi connectivity index (χ0n) is 15.4. The molecule has 1 aliphatic rings. The molecule has 1 aliphatic heterocycles. The Bertz CT molecular complexity index is 843. The predicted octanol–water partition coefficient (Wildman–Crippen LogP) is 1.50. The Kier molecular flexibility index (Phi) is 4.90. The van der Waals surface area contributed by atoms with Crippen LogP contribution < -0.4 is 5.56 Å². The lowest BCUT2D eigenvalue weighted by molar-refractivity contribution is -0.131. The van der Waals surface area contributed by atoms with Crippen molar-refractivity contribution in [3.63, 3.8) is 0 Å². The van der Waals surface area contributed by atoms with Crippen molar-refractivity contribution in [1.82, 2.24) is 19.4 Å². The molecule has 6 nitrogen and oxygen atoms in total. The van der Waals surface area contributed by atoms with Crippen molar-refractivity contribution in [2.24, 2.45) is 5.92 Å². The number of carbonyl (C=O) groups excluding carboxylic acids is 1. The maximum atomic E-state index is 12.8. The topological polar surface area (TPSA) is 58.4 Å². The van der Waals surface area contributed by atoms with Gasteiger partial charge in [0.2, 0.25) is 5.91 Å². The number of carbonyl (C=O) groups is 1. The molecule has 6 heteroatoms. The van der Waals surface area contributed by atoms with Crippen LogP contribution in [0, 0.1) is 12.8 Å². The third-order valence-corrected chi connectivity index (χ3v) is 5.29. The Labute approximate surface area is 148 Å². The summed E-state index contributed by atoms with van der Waals surface area (Å²) < 4.78 is 1.49. The van der Waals surface area contributed by atoms with Crippen LogP contribution in [-0.4, -0.2) is 58.5 Å². The van der Waals surface area contributed by atoms with E-state index in [2.05, 4.69) is 30.9 Å². The average Bonchev–Trinajstić information content (AvgIpc) is 3.03. The molecule has 0 aliphatic carbocycles. The van der Waals surface area contributed by atoms with Crippen molar-refractivity contribution in [3.8, 4) is 0 Å². The van der Waals surface area contributed by atoms with Gasteiger partial charge in [0.05, 0.1) is 10.9 Å². The van der Waals surface area contributed by atoms with Gasteiger partial charge in [0.1, 0.15) is 12.4 Å². The smallest absolute Gasteiger partial charge is 0.261 e. The van der Waals surface area contributed by atoms with E-state index in [0.717, 1.165) is 19.5 Å². The first kappa shape index (κ1) is 17.6. The highest BCUT2D eigenvalue weighted by Gasteiger charge is 2.35. The van der Waals surface area contributed by atoms with Gasteiger partial charge in [-0.25, -0.2) is 4.98 Å². The maximum absolute atomic E-state index is 12.8. The normalized spacial score (nSPS) is 20.6. The van der Waals surface area contributed by atoms with Crippen molar-refractivity contribution < 1.29 is 4.79 Å². The molecule has 134 valence electrons. The summed E-state index contributed by atoms with van der Waals surface area (Å²) >= 11 is 0. The monoisotopic (exact) mass is 342 g/mol. The Morgan fingerprint density at radius 2 is 2.00 bits per heavy atom. The summed E-state index contributed by atoms with van der Waals surface area (Å²) in [5.74, 6) is 1.05. The van der Waals surface area contributed by atoms with Crippen LogP contribution in [-0.2, 0) is 11.3 Å². The van der Waals surface area contributed by atoms with Crippen molar-refractivity contribution in [1.29, 1.82) is 0 Å². The van der Waals surface area contributed by atoms with Crippen LogP contribution in [0.3, 0.4) is 0 Å². The molecule has 0 saturated carbocycles. The lowest BCUT2D eigenvalue weighted by Gasteiger charge is -2.23. The fraction of sp³-hybridized carbons (Fsp3) is 0.526. The molecule has 0 spiro atoms. The highest BCUT2D eigenvalue weighted by atomic mass is 16.2. The largest absolute Gasteiger partial charge is 0.339 e. The van der Waals surface area contributed by atoms with Gasteiger partial charge >= 0.3 is 0 Å². The van der Waals surface area contributed by atoms with Gasteiger partial charge in [0.25, 0.3) is 5.56 Å². The Morgan fingerprint density at radius 1 is 1.28 bits per heavy atom. The molecular formula is C19H26N4O2. The molecule has 0 unspecified atom stereocenters. The first-order valence-corrected chi connectivity index (χ1v) is 8.82. The number of nitrogens with zero attached hydrogens (tertiary/aromatic N) is 4. The first-order valence-electron chi connectivity index (χ1n) is 8.82. The summed E-state index contributed by atoms with van der Waals surface area (Å²) in [7, 11) is 4.12. The van der Waals surface area contributed by atoms with Crippen LogP contribution in [0.15, 0.2) is 29.1 Å². The standard InChI is InChI=1S/C19H26N4O2/c1-5-14-10-22(11-17(14)21(3)4)18(24)12-23-13(2)20-16-9-7-6-8-15(16)19(23)25/h6-9,14,17H,5,10-12H2,1-4H3/t14-,17-/m0/s1. The molecule has 1 saturated heterocycles. The van der Waals surface area contributed by atoms with Crippen LogP contribution >= 0.6 is 0 Å². The number of hydrogen-bond donors (Lipinski definition) is 0. The van der Waals surface area contributed by atoms with Crippen molar-refractivity contribution in [2.45, 2.75) is 32.9 Å². The summed E-state index contributed by atoms with van der Waals surface area (Å²) in [6.07, 6.45) is 1.04. The van der Waals surface area contributed by atoms with Gasteiger partial charge in [-0.05, 0) is 39.1 Å². The van der Waals surface area contributed by atoms with Gasteiger partial charge in [-0.3, -0.25) is 14.2 Å². The summed E-state index contributed by atoms with van der Waals surface area (Å²) in [6.45, 7) is 5.48. The first-order chi connectivity index (χ1) is 11.9. The second kappa shape index (κ2) is 6.96. The summed E-state index contributed by atoms with van der Waals surface area (Å²) in [5.41, 5.74) is 0.528. The van der Waals surface area contributed by atoms with Gasteiger partial charge in [0.15, 0.2) is 0 Å². The zero-order chi connectivity index (χ0) is 18.1. The lowest BCUT2D eigenvalue weighted by atomic mass is 10.0. The number of fused-ring (bicyclic) bond motifs is 1. The van der Waals surface area contributed by atoms with Gasteiger partial charge < -0.3 is 9.80 Å². The molecule has 1 aromatic carbocycles. The number of aryl methyl sites for hydroxylation is 1. The second-order valence-electron chi connectivity index (χ2n) is 7.07. The maximum Gasteiger partial charge on any atom is 0.261 e. The molecule has 2 aromatic rings. The Morgan fingerprint density at radius 3 is 2.64 bits per heavy atom. The number of aromatic nitrogens is 2. The highest BCUT2D eigenvalue weighted by Crippen LogP contribution is 2.23.